The molecule has 33 heavy (non-hydrogen) atoms. The van der Waals surface area contributed by atoms with Gasteiger partial charge in [-0.3, -0.25) is 4.57 Å². The maximum atomic E-state index is 13.0. The molecule has 1 aliphatic rings. The molecular weight excluding hydrogens is 455 g/mol. The lowest BCUT2D eigenvalue weighted by atomic mass is 10.1. The molecular formula is C24H13ClF3N3O2. The van der Waals surface area contributed by atoms with Gasteiger partial charge in [0.2, 0.25) is 5.90 Å². The summed E-state index contributed by atoms with van der Waals surface area (Å²) < 4.78 is 45.9. The summed E-state index contributed by atoms with van der Waals surface area (Å²) in [5.41, 5.74) is 1.08. The first kappa shape index (κ1) is 21.0. The van der Waals surface area contributed by atoms with E-state index in [0.29, 0.717) is 16.6 Å². The Balaban J connectivity index is 1.61. The smallest absolute Gasteiger partial charge is 0.402 e. The van der Waals surface area contributed by atoms with Crippen molar-refractivity contribution < 1.29 is 22.7 Å². The monoisotopic (exact) mass is 467 g/mol. The molecule has 4 aromatic rings. The molecule has 164 valence electrons. The molecule has 0 unspecified atom stereocenters. The van der Waals surface area contributed by atoms with E-state index >= 15 is 0 Å². The number of hydrogen-bond donors (Lipinski definition) is 0. The average Bonchev–Trinajstić information content (AvgIpc) is 3.35. The number of nitrogens with zero attached hydrogens (tertiary/aromatic N) is 3. The lowest BCUT2D eigenvalue weighted by Crippen LogP contribution is -2.07. The minimum Gasteiger partial charge on any atom is -0.402 e. The van der Waals surface area contributed by atoms with E-state index in [1.807, 2.05) is 30.3 Å². The number of esters is 1. The van der Waals surface area contributed by atoms with Crippen LogP contribution in [0, 0.1) is 0 Å². The molecule has 2 aromatic heterocycles. The van der Waals surface area contributed by atoms with Gasteiger partial charge in [0.15, 0.2) is 11.5 Å². The Bertz CT molecular complexity index is 1460. The Morgan fingerprint density at radius 1 is 1.03 bits per heavy atom. The summed E-state index contributed by atoms with van der Waals surface area (Å²) in [6.07, 6.45) is -0.614. The zero-order valence-corrected chi connectivity index (χ0v) is 17.4. The number of carbonyl (C=O) groups excluding carboxylic acids is 1. The Kier molecular flexibility index (Phi) is 5.02. The van der Waals surface area contributed by atoms with Crippen molar-refractivity contribution in [1.82, 2.24) is 9.55 Å². The zero-order chi connectivity index (χ0) is 23.2. The Labute approximate surface area is 190 Å². The van der Waals surface area contributed by atoms with Gasteiger partial charge in [-0.15, -0.1) is 0 Å². The molecule has 0 radical (unpaired) electrons. The number of rotatable bonds is 3. The summed E-state index contributed by atoms with van der Waals surface area (Å²) in [5, 5.41) is 0.577. The minimum absolute atomic E-state index is 0.100. The van der Waals surface area contributed by atoms with Crippen molar-refractivity contribution in [3.8, 4) is 5.82 Å². The molecule has 2 aromatic carbocycles. The van der Waals surface area contributed by atoms with Crippen LogP contribution in [0.25, 0.3) is 22.8 Å². The number of halogens is 4. The highest BCUT2D eigenvalue weighted by molar-refractivity contribution is 6.32. The van der Waals surface area contributed by atoms with E-state index in [-0.39, 0.29) is 22.4 Å². The van der Waals surface area contributed by atoms with Crippen LogP contribution in [0.1, 0.15) is 16.7 Å². The van der Waals surface area contributed by atoms with Crippen molar-refractivity contribution in [3.63, 3.8) is 0 Å². The largest absolute Gasteiger partial charge is 0.417 e. The highest BCUT2D eigenvalue weighted by atomic mass is 35.5. The molecule has 5 nitrogen and oxygen atoms in total. The number of cyclic esters (lactones) is 1. The second kappa shape index (κ2) is 7.90. The summed E-state index contributed by atoms with van der Waals surface area (Å²) in [6, 6.07) is 17.0. The molecule has 0 aliphatic carbocycles. The molecule has 1 aliphatic heterocycles. The van der Waals surface area contributed by atoms with E-state index in [1.54, 1.807) is 41.1 Å². The number of ether oxygens (including phenoxy) is 1. The van der Waals surface area contributed by atoms with Gasteiger partial charge in [-0.1, -0.05) is 48.0 Å². The van der Waals surface area contributed by atoms with Crippen LogP contribution in [0.5, 0.6) is 0 Å². The number of benzene rings is 2. The molecule has 0 saturated heterocycles. The van der Waals surface area contributed by atoms with Crippen LogP contribution in [-0.4, -0.2) is 21.4 Å². The van der Waals surface area contributed by atoms with Gasteiger partial charge in [-0.25, -0.2) is 14.8 Å². The summed E-state index contributed by atoms with van der Waals surface area (Å²) >= 11 is 6.17. The van der Waals surface area contributed by atoms with Crippen LogP contribution in [0.15, 0.2) is 83.7 Å². The van der Waals surface area contributed by atoms with E-state index in [2.05, 4.69) is 9.98 Å². The number of carbonyl (C=O) groups is 1. The van der Waals surface area contributed by atoms with Crippen LogP contribution >= 0.6 is 11.6 Å². The first-order valence-electron chi connectivity index (χ1n) is 9.72. The molecule has 0 amide bonds. The molecule has 0 spiro atoms. The topological polar surface area (TPSA) is 56.5 Å². The Hall–Kier alpha value is -3.91. The Morgan fingerprint density at radius 3 is 2.48 bits per heavy atom. The number of hydrogen-bond acceptors (Lipinski definition) is 4. The second-order valence-corrected chi connectivity index (χ2v) is 7.61. The maximum absolute atomic E-state index is 13.0. The van der Waals surface area contributed by atoms with Crippen LogP contribution < -0.4 is 0 Å². The van der Waals surface area contributed by atoms with Gasteiger partial charge >= 0.3 is 12.1 Å². The molecule has 0 fully saturated rings. The number of fused-ring (bicyclic) bond motifs is 1. The van der Waals surface area contributed by atoms with Gasteiger partial charge < -0.3 is 4.74 Å². The highest BCUT2D eigenvalue weighted by Crippen LogP contribution is 2.34. The molecule has 5 rings (SSSR count). The van der Waals surface area contributed by atoms with Crippen LogP contribution in [0.3, 0.4) is 0 Å². The molecule has 3 heterocycles. The van der Waals surface area contributed by atoms with Gasteiger partial charge in [0.1, 0.15) is 0 Å². The molecule has 0 atom stereocenters. The highest BCUT2D eigenvalue weighted by Gasteiger charge is 2.32. The fourth-order valence-electron chi connectivity index (χ4n) is 3.52. The van der Waals surface area contributed by atoms with E-state index in [4.69, 9.17) is 16.3 Å². The summed E-state index contributed by atoms with van der Waals surface area (Å²) in [5.74, 6) is -0.271. The first-order valence-corrected chi connectivity index (χ1v) is 10.1. The van der Waals surface area contributed by atoms with Crippen molar-refractivity contribution in [2.24, 2.45) is 4.99 Å². The standard InChI is InChI=1S/C24H13ClF3N3O2/c25-18-11-16(24(26,27)28)12-29-21(18)31-13-15(17-8-4-5-9-20(17)31)10-19-23(32)33-22(30-19)14-6-2-1-3-7-14/h1-13H. The normalized spacial score (nSPS) is 15.2. The predicted octanol–water partition coefficient (Wildman–Crippen LogP) is 6.04. The summed E-state index contributed by atoms with van der Waals surface area (Å²) in [6.45, 7) is 0. The number of aliphatic imine (C=N–C) groups is 1. The van der Waals surface area contributed by atoms with Crippen molar-refractivity contribution >= 4 is 40.4 Å². The summed E-state index contributed by atoms with van der Waals surface area (Å²) in [4.78, 5) is 20.7. The average molecular weight is 468 g/mol. The van der Waals surface area contributed by atoms with Crippen LogP contribution in [0.4, 0.5) is 13.2 Å². The molecule has 0 bridgehead atoms. The lowest BCUT2D eigenvalue weighted by Gasteiger charge is -2.10. The number of aromatic nitrogens is 2. The maximum Gasteiger partial charge on any atom is 0.417 e. The quantitative estimate of drug-likeness (QED) is 0.272. The van der Waals surface area contributed by atoms with Gasteiger partial charge in [0.05, 0.1) is 16.1 Å². The van der Waals surface area contributed by atoms with E-state index < -0.39 is 17.7 Å². The van der Waals surface area contributed by atoms with Crippen molar-refractivity contribution in [2.75, 3.05) is 0 Å². The molecule has 9 heteroatoms. The van der Waals surface area contributed by atoms with Crippen molar-refractivity contribution in [1.29, 1.82) is 0 Å². The van der Waals surface area contributed by atoms with E-state index in [0.717, 1.165) is 17.6 Å². The third-order valence-electron chi connectivity index (χ3n) is 5.05. The summed E-state index contributed by atoms with van der Waals surface area (Å²) in [7, 11) is 0. The van der Waals surface area contributed by atoms with Crippen LogP contribution in [-0.2, 0) is 15.7 Å². The van der Waals surface area contributed by atoms with E-state index in [1.165, 1.54) is 0 Å². The zero-order valence-electron chi connectivity index (χ0n) is 16.7. The molecule has 0 N–H and O–H groups in total. The number of para-hydroxylation sites is 1. The van der Waals surface area contributed by atoms with Crippen LogP contribution in [0.2, 0.25) is 5.02 Å². The number of alkyl halides is 3. The third-order valence-corrected chi connectivity index (χ3v) is 5.33. The SMILES string of the molecule is O=C1OC(c2ccccc2)=NC1=Cc1cn(-c2ncc(C(F)(F)F)cc2Cl)c2ccccc12. The Morgan fingerprint density at radius 2 is 1.76 bits per heavy atom. The van der Waals surface area contributed by atoms with E-state index in [9.17, 15) is 18.0 Å². The third kappa shape index (κ3) is 3.89. The molecule has 0 saturated carbocycles. The van der Waals surface area contributed by atoms with Gasteiger partial charge in [0, 0.05) is 28.9 Å². The van der Waals surface area contributed by atoms with Gasteiger partial charge in [-0.2, -0.15) is 13.2 Å². The van der Waals surface area contributed by atoms with Crippen molar-refractivity contribution in [3.05, 3.63) is 100 Å². The fraction of sp³-hybridized carbons (Fsp3) is 0.0417. The van der Waals surface area contributed by atoms with Gasteiger partial charge in [0.25, 0.3) is 0 Å². The lowest BCUT2D eigenvalue weighted by molar-refractivity contribution is -0.137. The first-order chi connectivity index (χ1) is 15.8. The minimum atomic E-state index is -4.55. The fourth-order valence-corrected chi connectivity index (χ4v) is 3.78. The predicted molar refractivity (Wildman–Crippen MR) is 118 cm³/mol. The van der Waals surface area contributed by atoms with Crippen molar-refractivity contribution in [2.45, 2.75) is 6.18 Å². The van der Waals surface area contributed by atoms with Gasteiger partial charge in [-0.05, 0) is 30.3 Å². The number of pyridine rings is 1. The second-order valence-electron chi connectivity index (χ2n) is 7.20.